The van der Waals surface area contributed by atoms with Crippen LogP contribution in [0.15, 0.2) is 36.4 Å². The lowest BCUT2D eigenvalue weighted by atomic mass is 9.89. The molecule has 4 rings (SSSR count). The van der Waals surface area contributed by atoms with Crippen molar-refractivity contribution < 1.29 is 22.0 Å². The van der Waals surface area contributed by atoms with Crippen molar-refractivity contribution in [3.63, 3.8) is 0 Å². The fraction of sp³-hybridized carbons (Fsp3) is 0.458. The third kappa shape index (κ3) is 5.02. The zero-order valence-corrected chi connectivity index (χ0v) is 18.9. The van der Waals surface area contributed by atoms with Gasteiger partial charge in [0.1, 0.15) is 11.6 Å². The highest BCUT2D eigenvalue weighted by Crippen LogP contribution is 2.43. The monoisotopic (exact) mass is 462 g/mol. The summed E-state index contributed by atoms with van der Waals surface area (Å²) < 4.78 is 54.7. The minimum absolute atomic E-state index is 0.00617. The van der Waals surface area contributed by atoms with Gasteiger partial charge in [-0.2, -0.15) is 0 Å². The van der Waals surface area contributed by atoms with Gasteiger partial charge in [0, 0.05) is 25.6 Å². The van der Waals surface area contributed by atoms with E-state index < -0.39 is 21.7 Å². The van der Waals surface area contributed by atoms with Crippen LogP contribution in [0, 0.1) is 11.6 Å². The van der Waals surface area contributed by atoms with Gasteiger partial charge in [0.25, 0.3) is 0 Å². The minimum Gasteiger partial charge on any atom is -0.343 e. The molecule has 0 bridgehead atoms. The van der Waals surface area contributed by atoms with Gasteiger partial charge in [-0.1, -0.05) is 24.3 Å². The number of likely N-dealkylation sites (tertiary alicyclic amines) is 1. The van der Waals surface area contributed by atoms with Gasteiger partial charge in [-0.05, 0) is 66.8 Å². The van der Waals surface area contributed by atoms with Crippen molar-refractivity contribution in [3.8, 4) is 11.1 Å². The molecule has 1 aliphatic carbocycles. The molecular formula is C24H28F2N2O3S. The lowest BCUT2D eigenvalue weighted by molar-refractivity contribution is -0.131. The normalized spacial score (nSPS) is 21.3. The van der Waals surface area contributed by atoms with Crippen LogP contribution in [0.3, 0.4) is 0 Å². The Kier molecular flexibility index (Phi) is 6.62. The van der Waals surface area contributed by atoms with E-state index >= 15 is 0 Å². The molecule has 1 heterocycles. The molecule has 1 N–H and O–H groups in total. The van der Waals surface area contributed by atoms with E-state index in [1.54, 1.807) is 11.0 Å². The van der Waals surface area contributed by atoms with Crippen molar-refractivity contribution >= 4 is 15.9 Å². The van der Waals surface area contributed by atoms with Gasteiger partial charge in [0.2, 0.25) is 15.9 Å². The second-order valence-electron chi connectivity index (χ2n) is 8.81. The van der Waals surface area contributed by atoms with Gasteiger partial charge in [0.15, 0.2) is 0 Å². The first kappa shape index (κ1) is 22.9. The second-order valence-corrected chi connectivity index (χ2v) is 10.6. The molecule has 2 aliphatic rings. The van der Waals surface area contributed by atoms with Crippen molar-refractivity contribution in [3.05, 3.63) is 59.2 Å². The molecule has 0 spiro atoms. The van der Waals surface area contributed by atoms with E-state index in [2.05, 4.69) is 4.72 Å². The number of aryl methyl sites for hydroxylation is 1. The molecule has 1 aliphatic heterocycles. The van der Waals surface area contributed by atoms with Crippen LogP contribution in [0.25, 0.3) is 11.1 Å². The zero-order chi connectivity index (χ0) is 22.9. The number of rotatable bonds is 5. The Morgan fingerprint density at radius 3 is 2.50 bits per heavy atom. The first-order valence-corrected chi connectivity index (χ1v) is 12.9. The fourth-order valence-corrected chi connectivity index (χ4v) is 5.91. The summed E-state index contributed by atoms with van der Waals surface area (Å²) in [4.78, 5) is 14.9. The Balaban J connectivity index is 1.52. The minimum atomic E-state index is -3.28. The summed E-state index contributed by atoms with van der Waals surface area (Å²) in [5.74, 6) is -1.30. The summed E-state index contributed by atoms with van der Waals surface area (Å²) in [5.41, 5.74) is 2.40. The maximum Gasteiger partial charge on any atom is 0.223 e. The summed E-state index contributed by atoms with van der Waals surface area (Å²) in [6, 6.07) is 9.21. The molecule has 0 radical (unpaired) electrons. The highest BCUT2D eigenvalue weighted by Gasteiger charge is 2.31. The van der Waals surface area contributed by atoms with Gasteiger partial charge in [-0.15, -0.1) is 0 Å². The summed E-state index contributed by atoms with van der Waals surface area (Å²) in [6.45, 7) is 1.08. The van der Waals surface area contributed by atoms with Crippen molar-refractivity contribution in [1.29, 1.82) is 0 Å². The van der Waals surface area contributed by atoms with E-state index in [1.165, 1.54) is 18.2 Å². The molecule has 5 nitrogen and oxygen atoms in total. The number of nitrogens with one attached hydrogen (secondary N) is 1. The maximum absolute atomic E-state index is 14.5. The second kappa shape index (κ2) is 9.27. The quantitative estimate of drug-likeness (QED) is 0.731. The van der Waals surface area contributed by atoms with Crippen LogP contribution in [0.4, 0.5) is 8.78 Å². The Morgan fingerprint density at radius 1 is 1.06 bits per heavy atom. The fourth-order valence-electron chi connectivity index (χ4n) is 5.07. The number of carbonyl (C=O) groups is 1. The lowest BCUT2D eigenvalue weighted by Crippen LogP contribution is -2.36. The number of sulfonamides is 1. The van der Waals surface area contributed by atoms with Crippen LogP contribution >= 0.6 is 0 Å². The maximum atomic E-state index is 14.5. The van der Waals surface area contributed by atoms with Crippen LogP contribution < -0.4 is 4.72 Å². The first-order chi connectivity index (χ1) is 15.2. The van der Waals surface area contributed by atoms with Gasteiger partial charge in [-0.25, -0.2) is 21.9 Å². The summed E-state index contributed by atoms with van der Waals surface area (Å²) in [5, 5.41) is 0. The molecule has 2 aromatic rings. The van der Waals surface area contributed by atoms with E-state index in [4.69, 9.17) is 0 Å². The number of halogens is 2. The van der Waals surface area contributed by atoms with E-state index in [-0.39, 0.29) is 29.9 Å². The molecule has 8 heteroatoms. The Labute approximate surface area is 187 Å². The van der Waals surface area contributed by atoms with Crippen molar-refractivity contribution in [2.45, 2.75) is 50.5 Å². The standard InChI is InChI=1S/C24H28F2N2O3S/c1-32(30,31)27-18-6-4-13-28(14-12-18)22(29)15-17-11-10-16-5-2-7-19(23(16)17)24-20(25)8-3-9-21(24)26/h2-3,5,7-9,17-18,27H,4,6,10-15H2,1H3/t17-,18-/m0/s1. The van der Waals surface area contributed by atoms with E-state index in [9.17, 15) is 22.0 Å². The molecule has 32 heavy (non-hydrogen) atoms. The first-order valence-electron chi connectivity index (χ1n) is 11.0. The summed E-state index contributed by atoms with van der Waals surface area (Å²) in [7, 11) is -3.28. The summed E-state index contributed by atoms with van der Waals surface area (Å²) >= 11 is 0. The van der Waals surface area contributed by atoms with Gasteiger partial charge in [0.05, 0.1) is 11.8 Å². The Hall–Kier alpha value is -2.32. The van der Waals surface area contributed by atoms with Crippen molar-refractivity contribution in [2.75, 3.05) is 19.3 Å². The molecule has 1 amide bonds. The zero-order valence-electron chi connectivity index (χ0n) is 18.1. The van der Waals surface area contributed by atoms with Crippen LogP contribution in [-0.4, -0.2) is 44.6 Å². The topological polar surface area (TPSA) is 66.5 Å². The highest BCUT2D eigenvalue weighted by atomic mass is 32.2. The number of fused-ring (bicyclic) bond motifs is 1. The van der Waals surface area contributed by atoms with Gasteiger partial charge < -0.3 is 4.90 Å². The number of hydrogen-bond acceptors (Lipinski definition) is 3. The highest BCUT2D eigenvalue weighted by molar-refractivity contribution is 7.88. The third-order valence-corrected chi connectivity index (χ3v) is 7.24. The molecular weight excluding hydrogens is 434 g/mol. The number of nitrogens with zero attached hydrogens (tertiary/aromatic N) is 1. The molecule has 2 atom stereocenters. The average molecular weight is 463 g/mol. The SMILES string of the molecule is CS(=O)(=O)N[C@H]1CCCN(C(=O)C[C@@H]2CCc3cccc(-c4c(F)cccc4F)c32)CC1. The van der Waals surface area contributed by atoms with E-state index in [1.807, 2.05) is 12.1 Å². The Morgan fingerprint density at radius 2 is 1.78 bits per heavy atom. The van der Waals surface area contributed by atoms with E-state index in [0.717, 1.165) is 36.6 Å². The molecule has 0 aromatic heterocycles. The number of benzene rings is 2. The summed E-state index contributed by atoms with van der Waals surface area (Å²) in [6.07, 6.45) is 4.97. The van der Waals surface area contributed by atoms with Crippen LogP contribution in [-0.2, 0) is 21.2 Å². The predicted molar refractivity (Wildman–Crippen MR) is 120 cm³/mol. The van der Waals surface area contributed by atoms with Gasteiger partial charge in [-0.3, -0.25) is 4.79 Å². The van der Waals surface area contributed by atoms with E-state index in [0.29, 0.717) is 31.5 Å². The average Bonchev–Trinajstić information content (AvgIpc) is 2.98. The number of amides is 1. The van der Waals surface area contributed by atoms with Crippen LogP contribution in [0.1, 0.15) is 49.1 Å². The lowest BCUT2D eigenvalue weighted by Gasteiger charge is -2.24. The van der Waals surface area contributed by atoms with Crippen LogP contribution in [0.5, 0.6) is 0 Å². The third-order valence-electron chi connectivity index (χ3n) is 6.48. The smallest absolute Gasteiger partial charge is 0.223 e. The molecule has 0 saturated carbocycles. The number of hydrogen-bond donors (Lipinski definition) is 1. The molecule has 0 unspecified atom stereocenters. The molecule has 172 valence electrons. The Bertz CT molecular complexity index is 1100. The molecule has 2 aromatic carbocycles. The molecule has 1 saturated heterocycles. The molecule has 1 fully saturated rings. The van der Waals surface area contributed by atoms with Crippen LogP contribution in [0.2, 0.25) is 0 Å². The van der Waals surface area contributed by atoms with Gasteiger partial charge >= 0.3 is 0 Å². The van der Waals surface area contributed by atoms with Crippen molar-refractivity contribution in [2.24, 2.45) is 0 Å². The largest absolute Gasteiger partial charge is 0.343 e. The predicted octanol–water partition coefficient (Wildman–Crippen LogP) is 3.98. The number of carbonyl (C=O) groups excluding carboxylic acids is 1. The van der Waals surface area contributed by atoms with Crippen molar-refractivity contribution in [1.82, 2.24) is 9.62 Å².